The van der Waals surface area contributed by atoms with Crippen molar-refractivity contribution < 1.29 is 18.7 Å². The monoisotopic (exact) mass is 468 g/mol. The lowest BCUT2D eigenvalue weighted by molar-refractivity contribution is -0.141. The lowest BCUT2D eigenvalue weighted by Gasteiger charge is -2.41. The number of hydrogen-bond donors (Lipinski definition) is 0. The van der Waals surface area contributed by atoms with Gasteiger partial charge in [0, 0.05) is 25.0 Å². The molecule has 3 rings (SSSR count). The largest absolute Gasteiger partial charge is 0.481 e. The summed E-state index contributed by atoms with van der Waals surface area (Å²) in [6.45, 7) is 13.5. The minimum atomic E-state index is -0.571. The van der Waals surface area contributed by atoms with Crippen molar-refractivity contribution in [2.45, 2.75) is 66.5 Å². The highest BCUT2D eigenvalue weighted by molar-refractivity contribution is 5.83. The fraction of sp³-hybridized carbons (Fsp3) is 0.500. The molecular weight excluding hydrogens is 431 g/mol. The predicted octanol–water partition coefficient (Wildman–Crippen LogP) is 5.37. The first-order valence-electron chi connectivity index (χ1n) is 12.2. The van der Waals surface area contributed by atoms with Crippen LogP contribution >= 0.6 is 0 Å². The number of carbonyl (C=O) groups is 2. The summed E-state index contributed by atoms with van der Waals surface area (Å²) in [5, 5.41) is 0. The minimum absolute atomic E-state index is 0.0233. The van der Waals surface area contributed by atoms with Gasteiger partial charge in [0.1, 0.15) is 11.6 Å². The fourth-order valence-corrected chi connectivity index (χ4v) is 4.53. The van der Waals surface area contributed by atoms with Crippen LogP contribution in [0.15, 0.2) is 42.5 Å². The molecular formula is C28H37FN2O3. The van der Waals surface area contributed by atoms with Gasteiger partial charge < -0.3 is 14.5 Å². The number of benzene rings is 2. The van der Waals surface area contributed by atoms with E-state index in [0.717, 1.165) is 23.1 Å². The second-order valence-corrected chi connectivity index (χ2v) is 9.84. The molecule has 2 aromatic carbocycles. The summed E-state index contributed by atoms with van der Waals surface area (Å²) in [6, 6.07) is 11.9. The van der Waals surface area contributed by atoms with Gasteiger partial charge in [0.15, 0.2) is 6.10 Å². The number of fused-ring (bicyclic) bond motifs is 1. The zero-order valence-corrected chi connectivity index (χ0v) is 21.2. The van der Waals surface area contributed by atoms with Crippen LogP contribution in [0.4, 0.5) is 4.39 Å². The number of amides is 2. The maximum Gasteiger partial charge on any atom is 0.263 e. The van der Waals surface area contributed by atoms with Crippen LogP contribution in [0.3, 0.4) is 0 Å². The topological polar surface area (TPSA) is 49.9 Å². The molecule has 2 amide bonds. The Morgan fingerprint density at radius 3 is 2.29 bits per heavy atom. The molecule has 2 atom stereocenters. The highest BCUT2D eigenvalue weighted by Gasteiger charge is 2.37. The SMILES string of the molecule is CCC(Oc1ccc2c(c1)C(c1ccc(F)cc1)N(C(=O)C(C)(C)C)CC2)C(=O)N(CC)CC. The normalized spacial score (nSPS) is 16.6. The van der Waals surface area contributed by atoms with Crippen LogP contribution in [-0.4, -0.2) is 47.4 Å². The highest BCUT2D eigenvalue weighted by Crippen LogP contribution is 2.39. The van der Waals surface area contributed by atoms with E-state index in [2.05, 4.69) is 0 Å². The smallest absolute Gasteiger partial charge is 0.263 e. The molecule has 6 heteroatoms. The molecule has 2 unspecified atom stereocenters. The van der Waals surface area contributed by atoms with Crippen LogP contribution in [-0.2, 0) is 16.0 Å². The van der Waals surface area contributed by atoms with Crippen LogP contribution in [0.1, 0.15) is 70.7 Å². The first-order chi connectivity index (χ1) is 16.1. The molecule has 0 N–H and O–H groups in total. The lowest BCUT2D eigenvalue weighted by atomic mass is 9.85. The summed E-state index contributed by atoms with van der Waals surface area (Å²) in [4.78, 5) is 30.0. The van der Waals surface area contributed by atoms with E-state index in [9.17, 15) is 14.0 Å². The van der Waals surface area contributed by atoms with Gasteiger partial charge in [0.25, 0.3) is 5.91 Å². The molecule has 0 aromatic heterocycles. The van der Waals surface area contributed by atoms with Crippen molar-refractivity contribution in [3.8, 4) is 5.75 Å². The fourth-order valence-electron chi connectivity index (χ4n) is 4.53. The van der Waals surface area contributed by atoms with Crippen LogP contribution in [0.25, 0.3) is 0 Å². The number of halogens is 1. The molecule has 0 aliphatic carbocycles. The van der Waals surface area contributed by atoms with Gasteiger partial charge in [0.05, 0.1) is 6.04 Å². The summed E-state index contributed by atoms with van der Waals surface area (Å²) < 4.78 is 19.9. The molecule has 0 saturated carbocycles. The molecule has 0 bridgehead atoms. The highest BCUT2D eigenvalue weighted by atomic mass is 19.1. The summed E-state index contributed by atoms with van der Waals surface area (Å²) in [7, 11) is 0. The van der Waals surface area contributed by atoms with E-state index >= 15 is 0 Å². The van der Waals surface area contributed by atoms with Gasteiger partial charge in [-0.05, 0) is 67.6 Å². The Morgan fingerprint density at radius 2 is 1.74 bits per heavy atom. The molecule has 0 saturated heterocycles. The quantitative estimate of drug-likeness (QED) is 0.549. The summed E-state index contributed by atoms with van der Waals surface area (Å²) >= 11 is 0. The average molecular weight is 469 g/mol. The molecule has 2 aromatic rings. The van der Waals surface area contributed by atoms with E-state index in [4.69, 9.17) is 4.74 Å². The number of carbonyl (C=O) groups excluding carboxylic acids is 2. The molecule has 1 heterocycles. The van der Waals surface area contributed by atoms with E-state index in [0.29, 0.717) is 31.8 Å². The third-order valence-corrected chi connectivity index (χ3v) is 6.43. The van der Waals surface area contributed by atoms with Crippen molar-refractivity contribution in [3.63, 3.8) is 0 Å². The predicted molar refractivity (Wildman–Crippen MR) is 132 cm³/mol. The van der Waals surface area contributed by atoms with Crippen LogP contribution in [0.5, 0.6) is 5.75 Å². The van der Waals surface area contributed by atoms with Crippen LogP contribution < -0.4 is 4.74 Å². The Labute approximate surface area is 202 Å². The minimum Gasteiger partial charge on any atom is -0.481 e. The van der Waals surface area contributed by atoms with E-state index in [1.54, 1.807) is 17.0 Å². The molecule has 0 fully saturated rings. The van der Waals surface area contributed by atoms with Gasteiger partial charge in [-0.2, -0.15) is 0 Å². The van der Waals surface area contributed by atoms with E-state index < -0.39 is 11.5 Å². The Hall–Kier alpha value is -2.89. The summed E-state index contributed by atoms with van der Waals surface area (Å²) in [6.07, 6.45) is 0.714. The van der Waals surface area contributed by atoms with Crippen molar-refractivity contribution in [3.05, 3.63) is 65.0 Å². The van der Waals surface area contributed by atoms with E-state index in [-0.39, 0.29) is 23.7 Å². The molecule has 184 valence electrons. The number of hydrogen-bond acceptors (Lipinski definition) is 3. The second-order valence-electron chi connectivity index (χ2n) is 9.84. The maximum atomic E-state index is 13.7. The van der Waals surface area contributed by atoms with Crippen LogP contribution in [0, 0.1) is 11.2 Å². The molecule has 0 radical (unpaired) electrons. The summed E-state index contributed by atoms with van der Waals surface area (Å²) in [5.41, 5.74) is 2.39. The van der Waals surface area contributed by atoms with Gasteiger partial charge in [0.2, 0.25) is 5.91 Å². The van der Waals surface area contributed by atoms with Crippen molar-refractivity contribution in [2.24, 2.45) is 5.41 Å². The van der Waals surface area contributed by atoms with Gasteiger partial charge in [-0.1, -0.05) is 45.9 Å². The van der Waals surface area contributed by atoms with Gasteiger partial charge in [-0.25, -0.2) is 4.39 Å². The van der Waals surface area contributed by atoms with Crippen molar-refractivity contribution >= 4 is 11.8 Å². The second kappa shape index (κ2) is 10.6. The Balaban J connectivity index is 2.02. The van der Waals surface area contributed by atoms with Crippen LogP contribution in [0.2, 0.25) is 0 Å². The molecule has 0 spiro atoms. The van der Waals surface area contributed by atoms with Crippen molar-refractivity contribution in [1.29, 1.82) is 0 Å². The van der Waals surface area contributed by atoms with Gasteiger partial charge in [-0.15, -0.1) is 0 Å². The number of likely N-dealkylation sites (N-methyl/N-ethyl adjacent to an activating group) is 1. The molecule has 5 nitrogen and oxygen atoms in total. The molecule has 34 heavy (non-hydrogen) atoms. The van der Waals surface area contributed by atoms with Crippen molar-refractivity contribution in [1.82, 2.24) is 9.80 Å². The van der Waals surface area contributed by atoms with Crippen molar-refractivity contribution in [2.75, 3.05) is 19.6 Å². The molecule has 1 aliphatic heterocycles. The summed E-state index contributed by atoms with van der Waals surface area (Å²) in [5.74, 6) is 0.307. The Kier molecular flexibility index (Phi) is 8.01. The zero-order chi connectivity index (χ0) is 25.0. The van der Waals surface area contributed by atoms with E-state index in [1.165, 1.54) is 12.1 Å². The first kappa shape index (κ1) is 25.7. The third kappa shape index (κ3) is 5.43. The number of nitrogens with zero attached hydrogens (tertiary/aromatic N) is 2. The van der Waals surface area contributed by atoms with Gasteiger partial charge >= 0.3 is 0 Å². The zero-order valence-electron chi connectivity index (χ0n) is 21.2. The molecule has 1 aliphatic rings. The average Bonchev–Trinajstić information content (AvgIpc) is 2.82. The number of ether oxygens (including phenoxy) is 1. The number of rotatable bonds is 7. The lowest BCUT2D eigenvalue weighted by Crippen LogP contribution is -2.45. The maximum absolute atomic E-state index is 13.7. The standard InChI is InChI=1S/C28H37FN2O3/c1-7-24(26(32)30(8-2)9-3)34-22-15-12-19-16-17-31(27(33)28(4,5)6)25(23(19)18-22)20-10-13-21(29)14-11-20/h10-15,18,24-25H,7-9,16-17H2,1-6H3. The third-order valence-electron chi connectivity index (χ3n) is 6.43. The Morgan fingerprint density at radius 1 is 1.09 bits per heavy atom. The first-order valence-corrected chi connectivity index (χ1v) is 12.2. The Bertz CT molecular complexity index is 1010. The van der Waals surface area contributed by atoms with E-state index in [1.807, 2.05) is 64.6 Å². The van der Waals surface area contributed by atoms with Gasteiger partial charge in [-0.3, -0.25) is 9.59 Å².